The zero-order valence-corrected chi connectivity index (χ0v) is 8.91. The van der Waals surface area contributed by atoms with Gasteiger partial charge < -0.3 is 5.32 Å². The van der Waals surface area contributed by atoms with Gasteiger partial charge in [-0.25, -0.2) is 0 Å². The highest BCUT2D eigenvalue weighted by Crippen LogP contribution is 2.13. The third-order valence-corrected chi connectivity index (χ3v) is 1.89. The Morgan fingerprint density at radius 2 is 2.21 bits per heavy atom. The minimum absolute atomic E-state index is 1.04. The molecule has 74 valence electrons. The maximum absolute atomic E-state index is 4.26. The maximum atomic E-state index is 4.26. The van der Waals surface area contributed by atoms with Crippen LogP contribution in [-0.4, -0.2) is 12.0 Å². The first-order chi connectivity index (χ1) is 6.77. The van der Waals surface area contributed by atoms with Crippen molar-refractivity contribution in [3.63, 3.8) is 0 Å². The molecule has 1 N–H and O–H groups in total. The van der Waals surface area contributed by atoms with Gasteiger partial charge in [-0.1, -0.05) is 18.2 Å². The van der Waals surface area contributed by atoms with Crippen LogP contribution in [0.1, 0.15) is 18.2 Å². The molecule has 1 rings (SSSR count). The number of aromatic nitrogens is 1. The Labute approximate surface area is 85.4 Å². The van der Waals surface area contributed by atoms with Gasteiger partial charge >= 0.3 is 0 Å². The lowest BCUT2D eigenvalue weighted by molar-refractivity contribution is 1.10. The average Bonchev–Trinajstić information content (AvgIpc) is 2.19. The molecule has 0 radical (unpaired) electrons. The third kappa shape index (κ3) is 2.73. The summed E-state index contributed by atoms with van der Waals surface area (Å²) >= 11 is 0. The number of pyridine rings is 1. The van der Waals surface area contributed by atoms with Crippen LogP contribution in [0.5, 0.6) is 0 Å². The van der Waals surface area contributed by atoms with Crippen molar-refractivity contribution >= 4 is 5.57 Å². The van der Waals surface area contributed by atoms with Crippen LogP contribution in [0.2, 0.25) is 0 Å². The fourth-order valence-electron chi connectivity index (χ4n) is 1.20. The first-order valence-electron chi connectivity index (χ1n) is 4.71. The van der Waals surface area contributed by atoms with E-state index in [0.717, 1.165) is 16.8 Å². The molecule has 0 spiro atoms. The van der Waals surface area contributed by atoms with Gasteiger partial charge in [0.15, 0.2) is 0 Å². The quantitative estimate of drug-likeness (QED) is 0.737. The summed E-state index contributed by atoms with van der Waals surface area (Å²) in [5.74, 6) is 0. The Bertz CT molecular complexity index is 334. The average molecular weight is 188 g/mol. The Morgan fingerprint density at radius 3 is 2.71 bits per heavy atom. The van der Waals surface area contributed by atoms with Gasteiger partial charge in [0.05, 0.1) is 0 Å². The Kier molecular flexibility index (Phi) is 3.92. The van der Waals surface area contributed by atoms with Gasteiger partial charge in [0.25, 0.3) is 0 Å². The SMILES string of the molecule is C/C=C\C(=C/NC)c1ccc(C)nc1. The minimum Gasteiger partial charge on any atom is -0.393 e. The second kappa shape index (κ2) is 5.22. The van der Waals surface area contributed by atoms with Crippen molar-refractivity contribution in [2.45, 2.75) is 13.8 Å². The zero-order valence-electron chi connectivity index (χ0n) is 8.91. The van der Waals surface area contributed by atoms with Crippen molar-refractivity contribution in [2.24, 2.45) is 0 Å². The highest BCUT2D eigenvalue weighted by Gasteiger charge is 1.96. The van der Waals surface area contributed by atoms with Crippen LogP contribution in [0, 0.1) is 6.92 Å². The maximum Gasteiger partial charge on any atom is 0.0373 e. The summed E-state index contributed by atoms with van der Waals surface area (Å²) in [7, 11) is 1.89. The van der Waals surface area contributed by atoms with E-state index >= 15 is 0 Å². The van der Waals surface area contributed by atoms with Crippen LogP contribution in [0.3, 0.4) is 0 Å². The van der Waals surface area contributed by atoms with Gasteiger partial charge in [-0.05, 0) is 25.5 Å². The Hall–Kier alpha value is -1.57. The molecular weight excluding hydrogens is 172 g/mol. The molecule has 0 aliphatic heterocycles. The molecule has 0 saturated heterocycles. The highest BCUT2D eigenvalue weighted by molar-refractivity contribution is 5.73. The van der Waals surface area contributed by atoms with Crippen LogP contribution >= 0.6 is 0 Å². The van der Waals surface area contributed by atoms with Gasteiger partial charge in [0, 0.05) is 30.7 Å². The normalized spacial score (nSPS) is 12.1. The number of nitrogens with one attached hydrogen (secondary N) is 1. The molecule has 0 aromatic carbocycles. The molecule has 2 nitrogen and oxygen atoms in total. The van der Waals surface area contributed by atoms with Gasteiger partial charge in [0.1, 0.15) is 0 Å². The number of rotatable bonds is 3. The summed E-state index contributed by atoms with van der Waals surface area (Å²) < 4.78 is 0. The number of nitrogens with zero attached hydrogens (tertiary/aromatic N) is 1. The van der Waals surface area contributed by atoms with E-state index in [1.165, 1.54) is 0 Å². The summed E-state index contributed by atoms with van der Waals surface area (Å²) in [4.78, 5) is 4.26. The lowest BCUT2D eigenvalue weighted by Gasteiger charge is -2.02. The fourth-order valence-corrected chi connectivity index (χ4v) is 1.20. The van der Waals surface area contributed by atoms with Gasteiger partial charge in [-0.2, -0.15) is 0 Å². The number of aryl methyl sites for hydroxylation is 1. The number of hydrogen-bond donors (Lipinski definition) is 1. The second-order valence-electron chi connectivity index (χ2n) is 3.08. The number of hydrogen-bond acceptors (Lipinski definition) is 2. The first kappa shape index (κ1) is 10.5. The number of allylic oxidation sites excluding steroid dienone is 3. The monoisotopic (exact) mass is 188 g/mol. The van der Waals surface area contributed by atoms with Crippen molar-refractivity contribution in [3.8, 4) is 0 Å². The molecular formula is C12H16N2. The topological polar surface area (TPSA) is 24.9 Å². The van der Waals surface area contributed by atoms with Crippen LogP contribution in [0.15, 0.2) is 36.7 Å². The molecule has 0 fully saturated rings. The Morgan fingerprint density at radius 1 is 1.43 bits per heavy atom. The van der Waals surface area contributed by atoms with E-state index < -0.39 is 0 Å². The molecule has 0 aliphatic carbocycles. The van der Waals surface area contributed by atoms with Crippen LogP contribution in [-0.2, 0) is 0 Å². The van der Waals surface area contributed by atoms with E-state index in [-0.39, 0.29) is 0 Å². The van der Waals surface area contributed by atoms with Crippen molar-refractivity contribution in [2.75, 3.05) is 7.05 Å². The lowest BCUT2D eigenvalue weighted by atomic mass is 10.1. The second-order valence-corrected chi connectivity index (χ2v) is 3.08. The predicted octanol–water partition coefficient (Wildman–Crippen LogP) is 2.53. The standard InChI is InChI=1S/C12H16N2/c1-4-5-11(8-13-3)12-7-6-10(2)14-9-12/h4-9,13H,1-3H3/b5-4-,11-8+. The van der Waals surface area contributed by atoms with Gasteiger partial charge in [-0.15, -0.1) is 0 Å². The van der Waals surface area contributed by atoms with Crippen LogP contribution in [0.4, 0.5) is 0 Å². The molecule has 0 amide bonds. The molecule has 1 aromatic rings. The molecule has 0 saturated carbocycles. The Balaban J connectivity index is 3.00. The smallest absolute Gasteiger partial charge is 0.0373 e. The van der Waals surface area contributed by atoms with E-state index in [4.69, 9.17) is 0 Å². The predicted molar refractivity (Wildman–Crippen MR) is 60.8 cm³/mol. The molecule has 1 heterocycles. The molecule has 0 atom stereocenters. The van der Waals surface area contributed by atoms with Crippen molar-refractivity contribution in [1.29, 1.82) is 0 Å². The molecule has 0 unspecified atom stereocenters. The summed E-state index contributed by atoms with van der Waals surface area (Å²) in [5, 5.41) is 3.02. The van der Waals surface area contributed by atoms with Crippen LogP contribution in [0.25, 0.3) is 5.57 Å². The molecule has 1 aromatic heterocycles. The first-order valence-corrected chi connectivity index (χ1v) is 4.71. The lowest BCUT2D eigenvalue weighted by Crippen LogP contribution is -1.95. The fraction of sp³-hybridized carbons (Fsp3) is 0.250. The third-order valence-electron chi connectivity index (χ3n) is 1.89. The van der Waals surface area contributed by atoms with E-state index in [1.54, 1.807) is 0 Å². The van der Waals surface area contributed by atoms with E-state index in [1.807, 2.05) is 45.4 Å². The van der Waals surface area contributed by atoms with E-state index in [0.29, 0.717) is 0 Å². The van der Waals surface area contributed by atoms with Gasteiger partial charge in [0.2, 0.25) is 0 Å². The van der Waals surface area contributed by atoms with E-state index in [2.05, 4.69) is 22.4 Å². The summed E-state index contributed by atoms with van der Waals surface area (Å²) in [5.41, 5.74) is 3.31. The van der Waals surface area contributed by atoms with E-state index in [9.17, 15) is 0 Å². The van der Waals surface area contributed by atoms with Crippen molar-refractivity contribution in [3.05, 3.63) is 47.9 Å². The summed E-state index contributed by atoms with van der Waals surface area (Å²) in [6.07, 6.45) is 7.93. The summed E-state index contributed by atoms with van der Waals surface area (Å²) in [6.45, 7) is 3.99. The van der Waals surface area contributed by atoms with Crippen molar-refractivity contribution < 1.29 is 0 Å². The molecule has 0 aliphatic rings. The zero-order chi connectivity index (χ0) is 10.4. The molecule has 14 heavy (non-hydrogen) atoms. The minimum atomic E-state index is 1.04. The summed E-state index contributed by atoms with van der Waals surface area (Å²) in [6, 6.07) is 4.09. The largest absolute Gasteiger partial charge is 0.393 e. The van der Waals surface area contributed by atoms with Gasteiger partial charge in [-0.3, -0.25) is 4.98 Å². The highest BCUT2D eigenvalue weighted by atomic mass is 14.8. The molecule has 2 heteroatoms. The molecule has 0 bridgehead atoms. The van der Waals surface area contributed by atoms with Crippen molar-refractivity contribution in [1.82, 2.24) is 10.3 Å². The van der Waals surface area contributed by atoms with Crippen LogP contribution < -0.4 is 5.32 Å².